The smallest absolute Gasteiger partial charge is 0.408 e. The molecule has 6 heteroatoms. The van der Waals surface area contributed by atoms with Crippen LogP contribution in [0, 0.1) is 0 Å². The van der Waals surface area contributed by atoms with Crippen molar-refractivity contribution in [3.05, 3.63) is 65.7 Å². The van der Waals surface area contributed by atoms with E-state index >= 15 is 0 Å². The zero-order valence-electron chi connectivity index (χ0n) is 20.1. The quantitative estimate of drug-likeness (QED) is 0.402. The Hall–Kier alpha value is -1.63. The van der Waals surface area contributed by atoms with Crippen LogP contribution in [-0.2, 0) is 21.6 Å². The number of carbonyl (C=O) groups is 1. The molecule has 0 atom stereocenters. The average Bonchev–Trinajstić information content (AvgIpc) is 2.73. The molecule has 1 N–H and O–H groups in total. The summed E-state index contributed by atoms with van der Waals surface area (Å²) in [5.41, 5.74) is 1.51. The molecule has 0 saturated carbocycles. The van der Waals surface area contributed by atoms with Crippen molar-refractivity contribution in [2.24, 2.45) is 0 Å². The Kier molecular flexibility index (Phi) is 8.23. The minimum Gasteiger partial charge on any atom is -0.445 e. The molecule has 2 aromatic carbocycles. The molecule has 0 unspecified atom stereocenters. The molecular weight excluding hydrogens is 438 g/mol. The highest BCUT2D eigenvalue weighted by Gasteiger charge is 2.42. The first-order valence-corrected chi connectivity index (χ1v) is 14.5. The van der Waals surface area contributed by atoms with Gasteiger partial charge in [0.25, 0.3) is 0 Å². The largest absolute Gasteiger partial charge is 0.445 e. The lowest BCUT2D eigenvalue weighted by Crippen LogP contribution is -2.59. The van der Waals surface area contributed by atoms with Crippen LogP contribution in [-0.4, -0.2) is 35.1 Å². The van der Waals surface area contributed by atoms with Gasteiger partial charge in [-0.1, -0.05) is 94.8 Å². The van der Waals surface area contributed by atoms with Crippen LogP contribution in [0.25, 0.3) is 0 Å². The third-order valence-electron chi connectivity index (χ3n) is 6.11. The predicted octanol–water partition coefficient (Wildman–Crippen LogP) is 6.88. The number of benzene rings is 2. The van der Waals surface area contributed by atoms with Gasteiger partial charge in [-0.05, 0) is 39.0 Å². The fraction of sp³-hybridized carbons (Fsp3) is 0.500. The SMILES string of the molecule is CC(C)S(Sc1ccc(C2(NC(=O)OCc3ccccc3)COC2)cc1)(C(C)C)C(C)C. The van der Waals surface area contributed by atoms with Gasteiger partial charge in [-0.2, -0.15) is 9.06 Å². The fourth-order valence-electron chi connectivity index (χ4n) is 4.49. The van der Waals surface area contributed by atoms with Gasteiger partial charge in [0.15, 0.2) is 0 Å². The summed E-state index contributed by atoms with van der Waals surface area (Å²) in [5.74, 6) is 0. The molecular formula is C26H37NO3S2. The van der Waals surface area contributed by atoms with E-state index in [1.807, 2.05) is 30.3 Å². The van der Waals surface area contributed by atoms with Crippen molar-refractivity contribution in [2.45, 2.75) is 74.3 Å². The molecule has 1 amide bonds. The Morgan fingerprint density at radius 1 is 0.969 bits per heavy atom. The molecule has 0 aromatic heterocycles. The molecule has 0 bridgehead atoms. The number of amides is 1. The van der Waals surface area contributed by atoms with E-state index in [-0.39, 0.29) is 6.61 Å². The van der Waals surface area contributed by atoms with Crippen LogP contribution in [0.1, 0.15) is 52.7 Å². The summed E-state index contributed by atoms with van der Waals surface area (Å²) >= 11 is 0. The Bertz CT molecular complexity index is 856. The number of carbonyl (C=O) groups excluding carboxylic acids is 1. The lowest BCUT2D eigenvalue weighted by atomic mass is 9.88. The second kappa shape index (κ2) is 10.5. The average molecular weight is 476 g/mol. The topological polar surface area (TPSA) is 47.6 Å². The summed E-state index contributed by atoms with van der Waals surface area (Å²) in [6.07, 6.45) is -0.418. The zero-order valence-corrected chi connectivity index (χ0v) is 21.7. The number of alkyl carbamates (subject to hydrolysis) is 1. The van der Waals surface area contributed by atoms with Crippen molar-refractivity contribution < 1.29 is 14.3 Å². The highest BCUT2D eigenvalue weighted by molar-refractivity contribution is 8.94. The highest BCUT2D eigenvalue weighted by atomic mass is 33.2. The third-order valence-corrected chi connectivity index (χ3v) is 16.2. The molecule has 32 heavy (non-hydrogen) atoms. The minimum absolute atomic E-state index is 0.254. The summed E-state index contributed by atoms with van der Waals surface area (Å²) in [6, 6.07) is 18.4. The van der Waals surface area contributed by atoms with Crippen molar-refractivity contribution >= 4 is 25.9 Å². The molecule has 1 fully saturated rings. The second-order valence-electron chi connectivity index (χ2n) is 9.21. The maximum Gasteiger partial charge on any atom is 0.408 e. The molecule has 1 aliphatic heterocycles. The van der Waals surface area contributed by atoms with Gasteiger partial charge in [-0.15, -0.1) is 0 Å². The second-order valence-corrected chi connectivity index (χ2v) is 16.3. The molecule has 0 aliphatic carbocycles. The Morgan fingerprint density at radius 3 is 2.00 bits per heavy atom. The molecule has 1 heterocycles. The number of hydrogen-bond donors (Lipinski definition) is 1. The van der Waals surface area contributed by atoms with E-state index in [9.17, 15) is 4.79 Å². The number of nitrogens with one attached hydrogen (secondary N) is 1. The lowest BCUT2D eigenvalue weighted by molar-refractivity contribution is -0.0762. The van der Waals surface area contributed by atoms with E-state index in [4.69, 9.17) is 9.47 Å². The molecule has 1 saturated heterocycles. The van der Waals surface area contributed by atoms with Crippen LogP contribution in [0.5, 0.6) is 0 Å². The van der Waals surface area contributed by atoms with E-state index in [1.165, 1.54) is 4.90 Å². The summed E-state index contributed by atoms with van der Waals surface area (Å²) in [7, 11) is 1.18. The molecule has 3 rings (SSSR count). The van der Waals surface area contributed by atoms with E-state index in [2.05, 4.69) is 81.9 Å². The number of hydrogen-bond acceptors (Lipinski definition) is 4. The van der Waals surface area contributed by atoms with E-state index < -0.39 is 20.7 Å². The Balaban J connectivity index is 1.70. The monoisotopic (exact) mass is 475 g/mol. The standard InChI is InChI=1S/C26H37NO3S2/c1-19(2)32(20(3)4,21(5)6)31-24-14-12-23(13-15-24)26(17-29-18-26)27-25(28)30-16-22-10-8-7-9-11-22/h7-15,19-21H,16-18H2,1-6H3,(H,27,28). The van der Waals surface area contributed by atoms with Crippen LogP contribution in [0.2, 0.25) is 0 Å². The van der Waals surface area contributed by atoms with Crippen molar-refractivity contribution in [3.63, 3.8) is 0 Å². The molecule has 1 aliphatic rings. The van der Waals surface area contributed by atoms with Crippen LogP contribution in [0.4, 0.5) is 4.79 Å². The van der Waals surface area contributed by atoms with Gasteiger partial charge in [0.05, 0.1) is 13.2 Å². The van der Waals surface area contributed by atoms with Crippen molar-refractivity contribution in [1.82, 2.24) is 5.32 Å². The van der Waals surface area contributed by atoms with Crippen LogP contribution < -0.4 is 5.32 Å². The van der Waals surface area contributed by atoms with Crippen LogP contribution in [0.15, 0.2) is 59.5 Å². The summed E-state index contributed by atoms with van der Waals surface area (Å²) in [4.78, 5) is 13.8. The van der Waals surface area contributed by atoms with Crippen molar-refractivity contribution in [3.8, 4) is 0 Å². The van der Waals surface area contributed by atoms with Crippen LogP contribution >= 0.6 is 19.9 Å². The van der Waals surface area contributed by atoms with E-state index in [1.54, 1.807) is 0 Å². The van der Waals surface area contributed by atoms with Crippen molar-refractivity contribution in [2.75, 3.05) is 13.2 Å². The van der Waals surface area contributed by atoms with E-state index in [0.717, 1.165) is 11.1 Å². The summed E-state index contributed by atoms with van der Waals surface area (Å²) < 4.78 is 10.9. The molecule has 0 radical (unpaired) electrons. The van der Waals surface area contributed by atoms with Gasteiger partial charge < -0.3 is 14.8 Å². The molecule has 2 aromatic rings. The lowest BCUT2D eigenvalue weighted by Gasteiger charge is -2.50. The summed E-state index contributed by atoms with van der Waals surface area (Å²) in [6.45, 7) is 15.3. The predicted molar refractivity (Wildman–Crippen MR) is 138 cm³/mol. The maximum absolute atomic E-state index is 12.5. The van der Waals surface area contributed by atoms with Crippen LogP contribution in [0.3, 0.4) is 0 Å². The first-order valence-electron chi connectivity index (χ1n) is 11.4. The normalized spacial score (nSPS) is 16.2. The first kappa shape index (κ1) is 25.0. The first-order chi connectivity index (χ1) is 15.2. The minimum atomic E-state index is -0.890. The highest BCUT2D eigenvalue weighted by Crippen LogP contribution is 2.71. The van der Waals surface area contributed by atoms with E-state index in [0.29, 0.717) is 29.0 Å². The zero-order chi connectivity index (χ0) is 23.4. The third kappa shape index (κ3) is 5.29. The van der Waals surface area contributed by atoms with Gasteiger partial charge in [-0.25, -0.2) is 4.79 Å². The Morgan fingerprint density at radius 2 is 1.53 bits per heavy atom. The molecule has 176 valence electrons. The molecule has 4 nitrogen and oxygen atoms in total. The van der Waals surface area contributed by atoms with Gasteiger partial charge >= 0.3 is 6.09 Å². The number of rotatable bonds is 9. The molecule has 0 spiro atoms. The van der Waals surface area contributed by atoms with Gasteiger partial charge in [0.1, 0.15) is 12.1 Å². The van der Waals surface area contributed by atoms with Gasteiger partial charge in [0.2, 0.25) is 0 Å². The summed E-state index contributed by atoms with van der Waals surface area (Å²) in [5, 5.41) is 4.97. The number of ether oxygens (including phenoxy) is 2. The van der Waals surface area contributed by atoms with Crippen molar-refractivity contribution in [1.29, 1.82) is 0 Å². The maximum atomic E-state index is 12.5. The Labute approximate surface area is 198 Å². The van der Waals surface area contributed by atoms with Gasteiger partial charge in [0, 0.05) is 4.90 Å². The van der Waals surface area contributed by atoms with Gasteiger partial charge in [-0.3, -0.25) is 0 Å². The fourth-order valence-corrected chi connectivity index (χ4v) is 12.0.